The van der Waals surface area contributed by atoms with Crippen molar-refractivity contribution in [3.05, 3.63) is 23.2 Å². The third-order valence-corrected chi connectivity index (χ3v) is 4.53. The summed E-state index contributed by atoms with van der Waals surface area (Å²) < 4.78 is 5.63. The number of nitrogens with one attached hydrogen (secondary N) is 1. The van der Waals surface area contributed by atoms with Gasteiger partial charge < -0.3 is 14.8 Å². The van der Waals surface area contributed by atoms with Gasteiger partial charge in [0.05, 0.1) is 6.54 Å². The summed E-state index contributed by atoms with van der Waals surface area (Å²) in [5.74, 6) is 0.265. The average molecular weight is 322 g/mol. The van der Waals surface area contributed by atoms with E-state index in [1.165, 1.54) is 0 Å². The second kappa shape index (κ2) is 7.64. The first-order chi connectivity index (χ1) is 11.0. The van der Waals surface area contributed by atoms with Crippen molar-refractivity contribution >= 4 is 11.9 Å². The molecule has 1 heterocycles. The van der Waals surface area contributed by atoms with Gasteiger partial charge in [-0.1, -0.05) is 20.8 Å². The fourth-order valence-corrected chi connectivity index (χ4v) is 3.11. The Kier molecular flexibility index (Phi) is 5.82. The number of carboxylic acid groups (broad SMARTS) is 1. The molecule has 2 rings (SSSR count). The van der Waals surface area contributed by atoms with Crippen LogP contribution in [-0.4, -0.2) is 47.1 Å². The highest BCUT2D eigenvalue weighted by Gasteiger charge is 2.35. The van der Waals surface area contributed by atoms with Crippen LogP contribution in [0.5, 0.6) is 0 Å². The van der Waals surface area contributed by atoms with Crippen molar-refractivity contribution in [3.8, 4) is 0 Å². The van der Waals surface area contributed by atoms with Gasteiger partial charge >= 0.3 is 5.97 Å². The summed E-state index contributed by atoms with van der Waals surface area (Å²) in [6.07, 6.45) is 3.21. The molecule has 1 aliphatic rings. The van der Waals surface area contributed by atoms with E-state index in [1.54, 1.807) is 0 Å². The van der Waals surface area contributed by atoms with Crippen LogP contribution in [0.15, 0.2) is 10.5 Å². The summed E-state index contributed by atoms with van der Waals surface area (Å²) in [5.41, 5.74) is 1.09. The Morgan fingerprint density at radius 1 is 1.30 bits per heavy atom. The number of hydrogen-bond acceptors (Lipinski definition) is 4. The van der Waals surface area contributed by atoms with Gasteiger partial charge in [0, 0.05) is 18.5 Å². The molecule has 0 radical (unpaired) electrons. The highest BCUT2D eigenvalue weighted by Crippen LogP contribution is 2.26. The SMILES string of the molecule is CCc1cc(C(=O)NC2CC(N(CC)CC(=O)O)C2)oc1CC. The topological polar surface area (TPSA) is 82.8 Å². The number of aliphatic carboxylic acids is 1. The molecule has 0 atom stereocenters. The molecule has 0 aliphatic heterocycles. The molecule has 1 aromatic rings. The molecule has 1 aliphatic carbocycles. The molecule has 0 bridgehead atoms. The second-order valence-corrected chi connectivity index (χ2v) is 6.02. The zero-order valence-electron chi connectivity index (χ0n) is 14.1. The smallest absolute Gasteiger partial charge is 0.317 e. The van der Waals surface area contributed by atoms with E-state index in [9.17, 15) is 9.59 Å². The van der Waals surface area contributed by atoms with E-state index in [1.807, 2.05) is 31.7 Å². The molecule has 1 fully saturated rings. The minimum absolute atomic E-state index is 0.0553. The predicted octanol–water partition coefficient (Wildman–Crippen LogP) is 2.07. The van der Waals surface area contributed by atoms with E-state index in [0.717, 1.165) is 37.0 Å². The van der Waals surface area contributed by atoms with E-state index in [4.69, 9.17) is 9.52 Å². The van der Waals surface area contributed by atoms with Crippen molar-refractivity contribution in [3.63, 3.8) is 0 Å². The van der Waals surface area contributed by atoms with Gasteiger partial charge in [-0.15, -0.1) is 0 Å². The Bertz CT molecular complexity index is 539. The first-order valence-corrected chi connectivity index (χ1v) is 8.36. The summed E-state index contributed by atoms with van der Waals surface area (Å²) in [4.78, 5) is 25.0. The summed E-state index contributed by atoms with van der Waals surface area (Å²) in [7, 11) is 0. The lowest BCUT2D eigenvalue weighted by atomic mass is 9.85. The third-order valence-electron chi connectivity index (χ3n) is 4.53. The lowest BCUT2D eigenvalue weighted by molar-refractivity contribution is -0.139. The quantitative estimate of drug-likeness (QED) is 0.765. The summed E-state index contributed by atoms with van der Waals surface area (Å²) in [6.45, 7) is 6.77. The molecule has 2 N–H and O–H groups in total. The van der Waals surface area contributed by atoms with Crippen LogP contribution in [0.1, 0.15) is 55.5 Å². The number of rotatable bonds is 8. The van der Waals surface area contributed by atoms with Crippen LogP contribution in [0.4, 0.5) is 0 Å². The number of amides is 1. The van der Waals surface area contributed by atoms with Gasteiger partial charge in [0.25, 0.3) is 5.91 Å². The summed E-state index contributed by atoms with van der Waals surface area (Å²) in [6, 6.07) is 2.15. The Labute approximate surface area is 136 Å². The van der Waals surface area contributed by atoms with Crippen molar-refractivity contribution < 1.29 is 19.1 Å². The monoisotopic (exact) mass is 322 g/mol. The van der Waals surface area contributed by atoms with E-state index in [2.05, 4.69) is 5.32 Å². The average Bonchev–Trinajstić information content (AvgIpc) is 2.91. The van der Waals surface area contributed by atoms with Crippen LogP contribution in [0.3, 0.4) is 0 Å². The lowest BCUT2D eigenvalue weighted by Crippen LogP contribution is -2.54. The van der Waals surface area contributed by atoms with Crippen molar-refractivity contribution in [2.24, 2.45) is 0 Å². The van der Waals surface area contributed by atoms with E-state index in [0.29, 0.717) is 12.3 Å². The molecule has 0 saturated heterocycles. The number of carbonyl (C=O) groups excluding carboxylic acids is 1. The minimum Gasteiger partial charge on any atom is -0.480 e. The zero-order chi connectivity index (χ0) is 17.0. The first-order valence-electron chi connectivity index (χ1n) is 8.36. The number of likely N-dealkylation sites (N-methyl/N-ethyl adjacent to an activating group) is 1. The standard InChI is InChI=1S/C17H26N2O4/c1-4-11-7-15(23-14(11)5-2)17(22)18-12-8-13(9-12)19(6-3)10-16(20)21/h7,12-13H,4-6,8-10H2,1-3H3,(H,18,22)(H,20,21). The molecule has 1 aromatic heterocycles. The molecule has 1 amide bonds. The predicted molar refractivity (Wildman–Crippen MR) is 86.6 cm³/mol. The Hall–Kier alpha value is -1.82. The van der Waals surface area contributed by atoms with Crippen LogP contribution in [0, 0.1) is 0 Å². The van der Waals surface area contributed by atoms with Crippen LogP contribution in [-0.2, 0) is 17.6 Å². The Morgan fingerprint density at radius 3 is 2.48 bits per heavy atom. The number of carbonyl (C=O) groups is 2. The Balaban J connectivity index is 1.86. The van der Waals surface area contributed by atoms with E-state index < -0.39 is 5.97 Å². The highest BCUT2D eigenvalue weighted by atomic mass is 16.4. The van der Waals surface area contributed by atoms with Crippen LogP contribution < -0.4 is 5.32 Å². The molecule has 0 unspecified atom stereocenters. The number of carboxylic acids is 1. The molecule has 6 heteroatoms. The molecule has 6 nitrogen and oxygen atoms in total. The number of nitrogens with zero attached hydrogens (tertiary/aromatic N) is 1. The van der Waals surface area contributed by atoms with Crippen LogP contribution in [0.25, 0.3) is 0 Å². The highest BCUT2D eigenvalue weighted by molar-refractivity contribution is 5.92. The van der Waals surface area contributed by atoms with Gasteiger partial charge in [-0.3, -0.25) is 14.5 Å². The summed E-state index contributed by atoms with van der Waals surface area (Å²) >= 11 is 0. The van der Waals surface area contributed by atoms with E-state index in [-0.39, 0.29) is 24.5 Å². The molecule has 0 spiro atoms. The van der Waals surface area contributed by atoms with Gasteiger partial charge in [0.2, 0.25) is 0 Å². The van der Waals surface area contributed by atoms with Gasteiger partial charge in [-0.2, -0.15) is 0 Å². The van der Waals surface area contributed by atoms with Gasteiger partial charge in [-0.05, 0) is 37.4 Å². The molecular weight excluding hydrogens is 296 g/mol. The first kappa shape index (κ1) is 17.5. The number of furan rings is 1. The van der Waals surface area contributed by atoms with Crippen molar-refractivity contribution in [2.45, 2.75) is 58.5 Å². The molecular formula is C17H26N2O4. The Morgan fingerprint density at radius 2 is 2.00 bits per heavy atom. The number of aryl methyl sites for hydroxylation is 2. The second-order valence-electron chi connectivity index (χ2n) is 6.02. The summed E-state index contributed by atoms with van der Waals surface area (Å²) in [5, 5.41) is 11.9. The minimum atomic E-state index is -0.811. The van der Waals surface area contributed by atoms with Gasteiger partial charge in [-0.25, -0.2) is 0 Å². The maximum absolute atomic E-state index is 12.3. The maximum Gasteiger partial charge on any atom is 0.317 e. The lowest BCUT2D eigenvalue weighted by Gasteiger charge is -2.42. The maximum atomic E-state index is 12.3. The van der Waals surface area contributed by atoms with Crippen molar-refractivity contribution in [1.82, 2.24) is 10.2 Å². The fraction of sp³-hybridized carbons (Fsp3) is 0.647. The molecule has 0 aromatic carbocycles. The van der Waals surface area contributed by atoms with Crippen LogP contribution in [0.2, 0.25) is 0 Å². The van der Waals surface area contributed by atoms with Gasteiger partial charge in [0.1, 0.15) is 5.76 Å². The number of hydrogen-bond donors (Lipinski definition) is 2. The van der Waals surface area contributed by atoms with E-state index >= 15 is 0 Å². The fourth-order valence-electron chi connectivity index (χ4n) is 3.11. The van der Waals surface area contributed by atoms with Crippen LogP contribution >= 0.6 is 0 Å². The molecule has 128 valence electrons. The third kappa shape index (κ3) is 4.13. The van der Waals surface area contributed by atoms with Crippen molar-refractivity contribution in [2.75, 3.05) is 13.1 Å². The van der Waals surface area contributed by atoms with Crippen molar-refractivity contribution in [1.29, 1.82) is 0 Å². The zero-order valence-corrected chi connectivity index (χ0v) is 14.1. The molecule has 23 heavy (non-hydrogen) atoms. The molecule has 1 saturated carbocycles. The largest absolute Gasteiger partial charge is 0.480 e. The normalized spacial score (nSPS) is 20.3. The van der Waals surface area contributed by atoms with Gasteiger partial charge in [0.15, 0.2) is 5.76 Å².